The molecule has 2 rings (SSSR count). The molecule has 25 heavy (non-hydrogen) atoms. The number of aromatic hydroxyl groups is 2. The van der Waals surface area contributed by atoms with Crippen LogP contribution in [0.25, 0.3) is 0 Å². The van der Waals surface area contributed by atoms with Crippen LogP contribution in [0.5, 0.6) is 23.0 Å². The number of hydrogen-bond donors (Lipinski definition) is 2. The Morgan fingerprint density at radius 2 is 1.60 bits per heavy atom. The molecular formula is C21H28O4. The van der Waals surface area contributed by atoms with Crippen molar-refractivity contribution in [2.45, 2.75) is 45.4 Å². The Hall–Kier alpha value is -2.36. The van der Waals surface area contributed by atoms with E-state index < -0.39 is 0 Å². The number of methoxy groups -OCH3 is 2. The molecule has 0 aliphatic rings. The van der Waals surface area contributed by atoms with Gasteiger partial charge in [0.05, 0.1) is 14.2 Å². The number of rotatable bonds is 8. The molecule has 0 saturated carbocycles. The van der Waals surface area contributed by atoms with Crippen molar-refractivity contribution in [2.24, 2.45) is 0 Å². The van der Waals surface area contributed by atoms with Gasteiger partial charge in [0.2, 0.25) is 0 Å². The quantitative estimate of drug-likeness (QED) is 0.651. The van der Waals surface area contributed by atoms with Crippen molar-refractivity contribution >= 4 is 0 Å². The molecule has 1 atom stereocenters. The van der Waals surface area contributed by atoms with Gasteiger partial charge in [0.25, 0.3) is 0 Å². The molecule has 2 N–H and O–H groups in total. The fourth-order valence-corrected chi connectivity index (χ4v) is 3.23. The summed E-state index contributed by atoms with van der Waals surface area (Å²) in [5.41, 5.74) is 2.80. The molecule has 0 fully saturated rings. The summed E-state index contributed by atoms with van der Waals surface area (Å²) in [6.45, 7) is 4.14. The fourth-order valence-electron chi connectivity index (χ4n) is 3.23. The van der Waals surface area contributed by atoms with Gasteiger partial charge in [-0.1, -0.05) is 32.3 Å². The number of phenolic OH excluding ortho intramolecular Hbond substituents is 2. The molecule has 2 aromatic rings. The van der Waals surface area contributed by atoms with Crippen LogP contribution in [0.3, 0.4) is 0 Å². The molecule has 1 unspecified atom stereocenters. The molecule has 136 valence electrons. The smallest absolute Gasteiger partial charge is 0.125 e. The van der Waals surface area contributed by atoms with Gasteiger partial charge in [0.15, 0.2) is 0 Å². The van der Waals surface area contributed by atoms with E-state index >= 15 is 0 Å². The molecule has 4 nitrogen and oxygen atoms in total. The summed E-state index contributed by atoms with van der Waals surface area (Å²) in [4.78, 5) is 0. The number of hydrogen-bond acceptors (Lipinski definition) is 4. The Kier molecular flexibility index (Phi) is 6.57. The first-order chi connectivity index (χ1) is 12.0. The molecule has 0 bridgehead atoms. The van der Waals surface area contributed by atoms with Crippen LogP contribution in [-0.4, -0.2) is 24.4 Å². The Morgan fingerprint density at radius 3 is 2.12 bits per heavy atom. The Bertz CT molecular complexity index is 684. The minimum absolute atomic E-state index is 0.00977. The van der Waals surface area contributed by atoms with Crippen molar-refractivity contribution in [2.75, 3.05) is 14.2 Å². The molecule has 2 aromatic carbocycles. The second-order valence-electron chi connectivity index (χ2n) is 6.34. The molecular weight excluding hydrogens is 316 g/mol. The van der Waals surface area contributed by atoms with Gasteiger partial charge < -0.3 is 19.7 Å². The standard InChI is InChI=1S/C21H28O4/c1-5-6-7-8-17(18-10-9-16(22)13-19(18)23)15-11-20(24-3)14(2)21(12-15)25-4/h9-13,17,22-23H,5-8H2,1-4H3. The van der Waals surface area contributed by atoms with E-state index in [9.17, 15) is 10.2 Å². The molecule has 0 aliphatic heterocycles. The predicted molar refractivity (Wildman–Crippen MR) is 100 cm³/mol. The third-order valence-electron chi connectivity index (χ3n) is 4.66. The summed E-state index contributed by atoms with van der Waals surface area (Å²) >= 11 is 0. The van der Waals surface area contributed by atoms with E-state index in [2.05, 4.69) is 6.92 Å². The highest BCUT2D eigenvalue weighted by atomic mass is 16.5. The molecule has 0 spiro atoms. The van der Waals surface area contributed by atoms with Gasteiger partial charge in [-0.25, -0.2) is 0 Å². The summed E-state index contributed by atoms with van der Waals surface area (Å²) in [6, 6.07) is 8.83. The lowest BCUT2D eigenvalue weighted by molar-refractivity contribution is 0.387. The van der Waals surface area contributed by atoms with Crippen molar-refractivity contribution in [1.29, 1.82) is 0 Å². The minimum Gasteiger partial charge on any atom is -0.508 e. The van der Waals surface area contributed by atoms with Crippen molar-refractivity contribution < 1.29 is 19.7 Å². The average molecular weight is 344 g/mol. The zero-order valence-electron chi connectivity index (χ0n) is 15.5. The maximum absolute atomic E-state index is 10.4. The van der Waals surface area contributed by atoms with Gasteiger partial charge in [-0.05, 0) is 37.1 Å². The highest BCUT2D eigenvalue weighted by molar-refractivity contribution is 5.52. The monoisotopic (exact) mass is 344 g/mol. The zero-order valence-corrected chi connectivity index (χ0v) is 15.5. The van der Waals surface area contributed by atoms with Crippen molar-refractivity contribution in [1.82, 2.24) is 0 Å². The van der Waals surface area contributed by atoms with E-state index in [4.69, 9.17) is 9.47 Å². The van der Waals surface area contributed by atoms with Gasteiger partial charge in [-0.15, -0.1) is 0 Å². The maximum atomic E-state index is 10.4. The second-order valence-corrected chi connectivity index (χ2v) is 6.34. The summed E-state index contributed by atoms with van der Waals surface area (Å²) in [5, 5.41) is 20.0. The summed E-state index contributed by atoms with van der Waals surface area (Å²) in [5.74, 6) is 1.73. The SMILES string of the molecule is CCCCCC(c1cc(OC)c(C)c(OC)c1)c1ccc(O)cc1O. The van der Waals surface area contributed by atoms with Crippen LogP contribution < -0.4 is 9.47 Å². The van der Waals surface area contributed by atoms with Crippen molar-refractivity contribution in [3.8, 4) is 23.0 Å². The lowest BCUT2D eigenvalue weighted by atomic mass is 9.85. The Morgan fingerprint density at radius 1 is 0.960 bits per heavy atom. The molecule has 0 aliphatic carbocycles. The van der Waals surface area contributed by atoms with E-state index in [1.165, 1.54) is 6.07 Å². The average Bonchev–Trinajstić information content (AvgIpc) is 2.60. The minimum atomic E-state index is 0.00977. The molecule has 0 radical (unpaired) electrons. The lowest BCUT2D eigenvalue weighted by Gasteiger charge is -2.22. The Labute approximate surface area is 150 Å². The predicted octanol–water partition coefficient (Wildman–Crippen LogP) is 5.14. The van der Waals surface area contributed by atoms with Gasteiger partial charge in [0, 0.05) is 23.1 Å². The van der Waals surface area contributed by atoms with Crippen LogP contribution in [0.15, 0.2) is 30.3 Å². The topological polar surface area (TPSA) is 58.9 Å². The zero-order chi connectivity index (χ0) is 18.4. The first kappa shape index (κ1) is 19.0. The van der Waals surface area contributed by atoms with Crippen LogP contribution in [-0.2, 0) is 0 Å². The van der Waals surface area contributed by atoms with Gasteiger partial charge in [-0.2, -0.15) is 0 Å². The van der Waals surface area contributed by atoms with E-state index in [1.807, 2.05) is 19.1 Å². The molecule has 0 saturated heterocycles. The highest BCUT2D eigenvalue weighted by Gasteiger charge is 2.21. The molecule has 0 heterocycles. The first-order valence-corrected chi connectivity index (χ1v) is 8.76. The molecule has 4 heteroatoms. The van der Waals surface area contributed by atoms with Crippen LogP contribution in [0.4, 0.5) is 0 Å². The van der Waals surface area contributed by atoms with E-state index in [0.29, 0.717) is 0 Å². The fraction of sp³-hybridized carbons (Fsp3) is 0.429. The largest absolute Gasteiger partial charge is 0.508 e. The normalized spacial score (nSPS) is 12.0. The third-order valence-corrected chi connectivity index (χ3v) is 4.66. The van der Waals surface area contributed by atoms with Crippen LogP contribution in [0.1, 0.15) is 55.2 Å². The Balaban J connectivity index is 2.51. The number of ether oxygens (including phenoxy) is 2. The van der Waals surface area contributed by atoms with E-state index in [-0.39, 0.29) is 17.4 Å². The van der Waals surface area contributed by atoms with Crippen molar-refractivity contribution in [3.63, 3.8) is 0 Å². The third kappa shape index (κ3) is 4.38. The molecule has 0 aromatic heterocycles. The summed E-state index contributed by atoms with van der Waals surface area (Å²) in [7, 11) is 3.30. The summed E-state index contributed by atoms with van der Waals surface area (Å²) < 4.78 is 11.0. The van der Waals surface area contributed by atoms with Gasteiger partial charge in [0.1, 0.15) is 23.0 Å². The van der Waals surface area contributed by atoms with Crippen LogP contribution in [0, 0.1) is 6.92 Å². The maximum Gasteiger partial charge on any atom is 0.125 e. The molecule has 0 amide bonds. The highest BCUT2D eigenvalue weighted by Crippen LogP contribution is 2.41. The number of benzene rings is 2. The van der Waals surface area contributed by atoms with Crippen LogP contribution in [0.2, 0.25) is 0 Å². The van der Waals surface area contributed by atoms with Crippen molar-refractivity contribution in [3.05, 3.63) is 47.0 Å². The second kappa shape index (κ2) is 8.65. The number of unbranched alkanes of at least 4 members (excludes halogenated alkanes) is 2. The van der Waals surface area contributed by atoms with Gasteiger partial charge in [-0.3, -0.25) is 0 Å². The lowest BCUT2D eigenvalue weighted by Crippen LogP contribution is -2.04. The number of phenols is 2. The van der Waals surface area contributed by atoms with E-state index in [1.54, 1.807) is 26.4 Å². The van der Waals surface area contributed by atoms with Gasteiger partial charge >= 0.3 is 0 Å². The first-order valence-electron chi connectivity index (χ1n) is 8.76. The summed E-state index contributed by atoms with van der Waals surface area (Å²) in [6.07, 6.45) is 4.23. The van der Waals surface area contributed by atoms with Crippen LogP contribution >= 0.6 is 0 Å². The van der Waals surface area contributed by atoms with E-state index in [0.717, 1.165) is 53.9 Å².